The molecule has 0 aliphatic carbocycles. The van der Waals surface area contributed by atoms with Crippen LogP contribution in [-0.2, 0) is 6.42 Å². The third kappa shape index (κ3) is 2.74. The van der Waals surface area contributed by atoms with Gasteiger partial charge in [-0.05, 0) is 36.6 Å². The number of hydrogen-bond acceptors (Lipinski definition) is 1. The van der Waals surface area contributed by atoms with E-state index in [1.54, 1.807) is 18.2 Å². The first-order valence-corrected chi connectivity index (χ1v) is 5.04. The molecule has 2 nitrogen and oxygen atoms in total. The summed E-state index contributed by atoms with van der Waals surface area (Å²) in [6.45, 7) is 2.07. The normalized spacial score (nSPS) is 10.1. The summed E-state index contributed by atoms with van der Waals surface area (Å²) >= 11 is 5.81. The van der Waals surface area contributed by atoms with Crippen molar-refractivity contribution in [2.45, 2.75) is 26.2 Å². The van der Waals surface area contributed by atoms with Gasteiger partial charge in [-0.15, -0.1) is 0 Å². The molecule has 0 saturated carbocycles. The van der Waals surface area contributed by atoms with Crippen LogP contribution < -0.4 is 0 Å². The molecule has 0 bridgehead atoms. The number of hydrogen-bond donors (Lipinski definition) is 1. The molecule has 0 aromatic heterocycles. The Hall–Kier alpha value is -1.02. The van der Waals surface area contributed by atoms with Gasteiger partial charge in [0.25, 0.3) is 0 Å². The number of halogens is 1. The third-order valence-electron chi connectivity index (χ3n) is 2.10. The maximum Gasteiger partial charge on any atom is 0.335 e. The summed E-state index contributed by atoms with van der Waals surface area (Å²) in [6, 6.07) is 4.91. The summed E-state index contributed by atoms with van der Waals surface area (Å²) in [7, 11) is 0. The highest BCUT2D eigenvalue weighted by Gasteiger charge is 2.09. The van der Waals surface area contributed by atoms with Gasteiger partial charge in [-0.2, -0.15) is 0 Å². The molecule has 0 saturated heterocycles. The maximum absolute atomic E-state index is 10.9. The van der Waals surface area contributed by atoms with Crippen molar-refractivity contribution in [2.75, 3.05) is 0 Å². The Kier molecular flexibility index (Phi) is 3.96. The van der Waals surface area contributed by atoms with Crippen LogP contribution in [0.15, 0.2) is 18.2 Å². The Morgan fingerprint density at radius 3 is 2.79 bits per heavy atom. The highest BCUT2D eigenvalue weighted by molar-refractivity contribution is 6.30. The van der Waals surface area contributed by atoms with Crippen LogP contribution in [0.1, 0.15) is 35.7 Å². The van der Waals surface area contributed by atoms with E-state index in [0.29, 0.717) is 10.6 Å². The summed E-state index contributed by atoms with van der Waals surface area (Å²) in [5.41, 5.74) is 1.19. The van der Waals surface area contributed by atoms with E-state index in [0.717, 1.165) is 24.8 Å². The molecule has 76 valence electrons. The summed E-state index contributed by atoms with van der Waals surface area (Å²) < 4.78 is 0. The quantitative estimate of drug-likeness (QED) is 0.831. The minimum atomic E-state index is -0.882. The van der Waals surface area contributed by atoms with Crippen LogP contribution in [0.4, 0.5) is 0 Å². The summed E-state index contributed by atoms with van der Waals surface area (Å²) in [4.78, 5) is 10.9. The van der Waals surface area contributed by atoms with Crippen LogP contribution in [0.5, 0.6) is 0 Å². The summed E-state index contributed by atoms with van der Waals surface area (Å²) in [5.74, 6) is -0.882. The maximum atomic E-state index is 10.9. The lowest BCUT2D eigenvalue weighted by Crippen LogP contribution is -2.02. The molecule has 3 heteroatoms. The summed E-state index contributed by atoms with van der Waals surface area (Å²) in [6.07, 6.45) is 2.81. The van der Waals surface area contributed by atoms with Crippen molar-refractivity contribution < 1.29 is 9.90 Å². The molecule has 0 fully saturated rings. The van der Waals surface area contributed by atoms with Crippen LogP contribution in [0, 0.1) is 0 Å². The molecule has 0 spiro atoms. The molecule has 0 amide bonds. The SMILES string of the molecule is CCCCc1cc(Cl)ccc1C(=O)O. The smallest absolute Gasteiger partial charge is 0.335 e. The van der Waals surface area contributed by atoms with Crippen LogP contribution in [0.25, 0.3) is 0 Å². The van der Waals surface area contributed by atoms with Gasteiger partial charge in [0.2, 0.25) is 0 Å². The Morgan fingerprint density at radius 1 is 1.50 bits per heavy atom. The van der Waals surface area contributed by atoms with Crippen molar-refractivity contribution >= 4 is 17.6 Å². The standard InChI is InChI=1S/C11H13ClO2/c1-2-3-4-8-7-9(12)5-6-10(8)11(13)14/h5-7H,2-4H2,1H3,(H,13,14). The average molecular weight is 213 g/mol. The van der Waals surface area contributed by atoms with Crippen molar-refractivity contribution in [3.05, 3.63) is 34.3 Å². The number of carboxylic acid groups (broad SMARTS) is 1. The van der Waals surface area contributed by atoms with Gasteiger partial charge in [-0.25, -0.2) is 4.79 Å². The fourth-order valence-corrected chi connectivity index (χ4v) is 1.54. The topological polar surface area (TPSA) is 37.3 Å². The van der Waals surface area contributed by atoms with E-state index >= 15 is 0 Å². The largest absolute Gasteiger partial charge is 0.478 e. The summed E-state index contributed by atoms with van der Waals surface area (Å²) in [5, 5.41) is 9.51. The lowest BCUT2D eigenvalue weighted by atomic mass is 10.0. The van der Waals surface area contributed by atoms with Crippen LogP contribution in [0.3, 0.4) is 0 Å². The lowest BCUT2D eigenvalue weighted by Gasteiger charge is -2.05. The van der Waals surface area contributed by atoms with Crippen molar-refractivity contribution in [1.29, 1.82) is 0 Å². The van der Waals surface area contributed by atoms with E-state index in [-0.39, 0.29) is 0 Å². The molecular weight excluding hydrogens is 200 g/mol. The number of carbonyl (C=O) groups is 1. The van der Waals surface area contributed by atoms with Gasteiger partial charge in [0.1, 0.15) is 0 Å². The van der Waals surface area contributed by atoms with Gasteiger partial charge < -0.3 is 5.11 Å². The molecule has 14 heavy (non-hydrogen) atoms. The fourth-order valence-electron chi connectivity index (χ4n) is 1.34. The lowest BCUT2D eigenvalue weighted by molar-refractivity contribution is 0.0695. The van der Waals surface area contributed by atoms with Gasteiger partial charge in [0.15, 0.2) is 0 Å². The second kappa shape index (κ2) is 5.01. The second-order valence-electron chi connectivity index (χ2n) is 3.21. The third-order valence-corrected chi connectivity index (χ3v) is 2.33. The Morgan fingerprint density at radius 2 is 2.21 bits per heavy atom. The monoisotopic (exact) mass is 212 g/mol. The molecule has 0 atom stereocenters. The minimum absolute atomic E-state index is 0.364. The van der Waals surface area contributed by atoms with Gasteiger partial charge in [-0.3, -0.25) is 0 Å². The van der Waals surface area contributed by atoms with E-state index in [2.05, 4.69) is 6.92 Å². The first kappa shape index (κ1) is 11.1. The van der Waals surface area contributed by atoms with Gasteiger partial charge >= 0.3 is 5.97 Å². The number of aromatic carboxylic acids is 1. The first-order valence-electron chi connectivity index (χ1n) is 4.67. The molecule has 0 unspecified atom stereocenters. The molecule has 0 aliphatic heterocycles. The molecular formula is C11H13ClO2. The molecule has 0 aliphatic rings. The highest BCUT2D eigenvalue weighted by Crippen LogP contribution is 2.18. The molecule has 0 radical (unpaired) electrons. The zero-order chi connectivity index (χ0) is 10.6. The highest BCUT2D eigenvalue weighted by atomic mass is 35.5. The van der Waals surface area contributed by atoms with E-state index in [9.17, 15) is 4.79 Å². The second-order valence-corrected chi connectivity index (χ2v) is 3.65. The molecule has 0 heterocycles. The minimum Gasteiger partial charge on any atom is -0.478 e. The van der Waals surface area contributed by atoms with E-state index in [4.69, 9.17) is 16.7 Å². The van der Waals surface area contributed by atoms with E-state index < -0.39 is 5.97 Å². The Bertz CT molecular complexity index is 334. The molecule has 1 rings (SSSR count). The van der Waals surface area contributed by atoms with E-state index in [1.165, 1.54) is 0 Å². The van der Waals surface area contributed by atoms with Crippen molar-refractivity contribution in [1.82, 2.24) is 0 Å². The fraction of sp³-hybridized carbons (Fsp3) is 0.364. The number of aryl methyl sites for hydroxylation is 1. The van der Waals surface area contributed by atoms with Crippen molar-refractivity contribution in [2.24, 2.45) is 0 Å². The van der Waals surface area contributed by atoms with E-state index in [1.807, 2.05) is 0 Å². The molecule has 1 N–H and O–H groups in total. The molecule has 1 aromatic carbocycles. The van der Waals surface area contributed by atoms with Gasteiger partial charge in [-0.1, -0.05) is 24.9 Å². The molecule has 1 aromatic rings. The van der Waals surface area contributed by atoms with Crippen LogP contribution in [0.2, 0.25) is 5.02 Å². The Balaban J connectivity index is 2.97. The van der Waals surface area contributed by atoms with Gasteiger partial charge in [0, 0.05) is 5.02 Å². The zero-order valence-corrected chi connectivity index (χ0v) is 8.84. The first-order chi connectivity index (χ1) is 6.65. The van der Waals surface area contributed by atoms with Crippen LogP contribution >= 0.6 is 11.6 Å². The predicted molar refractivity (Wildman–Crippen MR) is 57.0 cm³/mol. The number of carboxylic acids is 1. The van der Waals surface area contributed by atoms with Crippen LogP contribution in [-0.4, -0.2) is 11.1 Å². The number of unbranched alkanes of at least 4 members (excludes halogenated alkanes) is 1. The average Bonchev–Trinajstić information content (AvgIpc) is 2.14. The predicted octanol–water partition coefficient (Wildman–Crippen LogP) is 3.38. The number of rotatable bonds is 4. The van der Waals surface area contributed by atoms with Gasteiger partial charge in [0.05, 0.1) is 5.56 Å². The zero-order valence-electron chi connectivity index (χ0n) is 8.09. The van der Waals surface area contributed by atoms with Crippen molar-refractivity contribution in [3.63, 3.8) is 0 Å². The van der Waals surface area contributed by atoms with Crippen molar-refractivity contribution in [3.8, 4) is 0 Å². The number of benzene rings is 1. The Labute approximate surface area is 88.5 Å².